The normalized spacial score (nSPS) is 22.6. The van der Waals surface area contributed by atoms with Gasteiger partial charge < -0.3 is 5.11 Å². The molecule has 0 aromatic heterocycles. The predicted octanol–water partition coefficient (Wildman–Crippen LogP) is 4.65. The van der Waals surface area contributed by atoms with E-state index in [9.17, 15) is 23.1 Å². The van der Waals surface area contributed by atoms with Crippen molar-refractivity contribution in [3.8, 4) is 0 Å². The highest BCUT2D eigenvalue weighted by Gasteiger charge is 2.37. The third-order valence-corrected chi connectivity index (χ3v) is 3.89. The molecule has 0 saturated carbocycles. The van der Waals surface area contributed by atoms with Crippen LogP contribution >= 0.6 is 11.6 Å². The highest BCUT2D eigenvalue weighted by molar-refractivity contribution is 6.21. The molecule has 1 aromatic carbocycles. The van der Waals surface area contributed by atoms with Gasteiger partial charge >= 0.3 is 12.3 Å². The second kappa shape index (κ2) is 5.16. The number of hydrogen-bond acceptors (Lipinski definition) is 1. The van der Waals surface area contributed by atoms with Crippen LogP contribution in [0.3, 0.4) is 0 Å². The summed E-state index contributed by atoms with van der Waals surface area (Å²) in [4.78, 5) is 12.4. The minimum absolute atomic E-state index is 0.216. The van der Waals surface area contributed by atoms with Gasteiger partial charge in [0.25, 0.3) is 0 Å². The lowest BCUT2D eigenvalue weighted by atomic mass is 9.92. The summed E-state index contributed by atoms with van der Waals surface area (Å²) in [6.45, 7) is 1.82. The number of amides is 1. The van der Waals surface area contributed by atoms with Crippen LogP contribution in [0.4, 0.5) is 23.7 Å². The molecule has 0 radical (unpaired) electrons. The van der Waals surface area contributed by atoms with Gasteiger partial charge in [0.15, 0.2) is 0 Å². The lowest BCUT2D eigenvalue weighted by Crippen LogP contribution is -2.43. The molecule has 0 unspecified atom stereocenters. The molecule has 1 amide bonds. The molecule has 0 spiro atoms. The molecule has 0 saturated heterocycles. The van der Waals surface area contributed by atoms with Crippen molar-refractivity contribution in [2.24, 2.45) is 0 Å². The first-order valence-corrected chi connectivity index (χ1v) is 6.56. The number of anilines is 1. The van der Waals surface area contributed by atoms with Crippen molar-refractivity contribution in [3.63, 3.8) is 0 Å². The lowest BCUT2D eigenvalue weighted by Gasteiger charge is -2.37. The second-order valence-electron chi connectivity index (χ2n) is 4.69. The van der Waals surface area contributed by atoms with Crippen LogP contribution in [0.5, 0.6) is 0 Å². The largest absolute Gasteiger partial charge is 0.465 e. The Morgan fingerprint density at radius 1 is 1.50 bits per heavy atom. The first-order valence-electron chi connectivity index (χ1n) is 6.13. The van der Waals surface area contributed by atoms with Crippen molar-refractivity contribution >= 4 is 23.4 Å². The Balaban J connectivity index is 2.54. The Morgan fingerprint density at radius 2 is 2.15 bits per heavy atom. The molecule has 1 aromatic rings. The topological polar surface area (TPSA) is 40.5 Å². The number of fused-ring (bicyclic) bond motifs is 1. The summed E-state index contributed by atoms with van der Waals surface area (Å²) >= 11 is 6.13. The number of rotatable bonds is 1. The number of carboxylic acid groups (broad SMARTS) is 1. The molecule has 1 heterocycles. The number of carbonyl (C=O) groups is 1. The van der Waals surface area contributed by atoms with Gasteiger partial charge in [-0.3, -0.25) is 4.90 Å². The zero-order chi connectivity index (χ0) is 15.1. The Labute approximate surface area is 118 Å². The quantitative estimate of drug-likeness (QED) is 0.767. The van der Waals surface area contributed by atoms with E-state index >= 15 is 0 Å². The molecule has 1 aliphatic rings. The van der Waals surface area contributed by atoms with Gasteiger partial charge in [-0.05, 0) is 36.6 Å². The number of hydrogen-bond donors (Lipinski definition) is 1. The van der Waals surface area contributed by atoms with E-state index in [-0.39, 0.29) is 17.3 Å². The SMILES string of the molecule is CC[C@@H]1C[C@@H](Cl)c2cc(C(F)(F)F)ccc2N1C(=O)O. The molecule has 0 bridgehead atoms. The van der Waals surface area contributed by atoms with Crippen LogP contribution in [0.25, 0.3) is 0 Å². The van der Waals surface area contributed by atoms with E-state index in [2.05, 4.69) is 0 Å². The summed E-state index contributed by atoms with van der Waals surface area (Å²) in [5.41, 5.74) is -0.362. The van der Waals surface area contributed by atoms with Gasteiger partial charge in [0.2, 0.25) is 0 Å². The molecular formula is C13H13ClF3NO2. The van der Waals surface area contributed by atoms with E-state index < -0.39 is 23.2 Å². The van der Waals surface area contributed by atoms with E-state index in [4.69, 9.17) is 11.6 Å². The number of halogens is 4. The molecule has 2 rings (SSSR count). The minimum Gasteiger partial charge on any atom is -0.465 e. The van der Waals surface area contributed by atoms with E-state index in [1.165, 1.54) is 6.07 Å². The van der Waals surface area contributed by atoms with Gasteiger partial charge in [0.05, 0.1) is 16.6 Å². The molecule has 3 nitrogen and oxygen atoms in total. The fourth-order valence-corrected chi connectivity index (χ4v) is 2.86. The van der Waals surface area contributed by atoms with Crippen LogP contribution in [0.1, 0.15) is 36.3 Å². The van der Waals surface area contributed by atoms with E-state index in [0.29, 0.717) is 12.8 Å². The lowest BCUT2D eigenvalue weighted by molar-refractivity contribution is -0.137. The number of benzene rings is 1. The third-order valence-electron chi connectivity index (χ3n) is 3.47. The summed E-state index contributed by atoms with van der Waals surface area (Å²) in [5.74, 6) is 0. The maximum atomic E-state index is 12.7. The Bertz CT molecular complexity index is 533. The van der Waals surface area contributed by atoms with Gasteiger partial charge in [0.1, 0.15) is 0 Å². The summed E-state index contributed by atoms with van der Waals surface area (Å²) in [6, 6.07) is 2.69. The third kappa shape index (κ3) is 2.57. The van der Waals surface area contributed by atoms with Gasteiger partial charge in [-0.1, -0.05) is 6.92 Å². The van der Waals surface area contributed by atoms with Crippen molar-refractivity contribution < 1.29 is 23.1 Å². The molecule has 0 aliphatic carbocycles. The van der Waals surface area contributed by atoms with E-state index in [1.807, 2.05) is 6.92 Å². The first-order chi connectivity index (χ1) is 9.25. The second-order valence-corrected chi connectivity index (χ2v) is 5.22. The van der Waals surface area contributed by atoms with Crippen LogP contribution in [0.15, 0.2) is 18.2 Å². The van der Waals surface area contributed by atoms with Gasteiger partial charge in [-0.15, -0.1) is 11.6 Å². The average molecular weight is 308 g/mol. The maximum Gasteiger partial charge on any atom is 0.416 e. The molecule has 2 atom stereocenters. The van der Waals surface area contributed by atoms with Gasteiger partial charge in [-0.25, -0.2) is 4.79 Å². The van der Waals surface area contributed by atoms with Gasteiger partial charge in [0, 0.05) is 6.04 Å². The zero-order valence-corrected chi connectivity index (χ0v) is 11.4. The predicted molar refractivity (Wildman–Crippen MR) is 69.2 cm³/mol. The zero-order valence-electron chi connectivity index (χ0n) is 10.6. The first kappa shape index (κ1) is 15.0. The summed E-state index contributed by atoms with van der Waals surface area (Å²) < 4.78 is 38.1. The smallest absolute Gasteiger partial charge is 0.416 e. The van der Waals surface area contributed by atoms with Crippen LogP contribution in [-0.4, -0.2) is 17.2 Å². The van der Waals surface area contributed by atoms with Crippen molar-refractivity contribution in [1.82, 2.24) is 0 Å². The van der Waals surface area contributed by atoms with Crippen LogP contribution in [-0.2, 0) is 6.18 Å². The summed E-state index contributed by atoms with van der Waals surface area (Å²) in [6.07, 6.45) is -4.79. The van der Waals surface area contributed by atoms with Crippen LogP contribution in [0, 0.1) is 0 Å². The van der Waals surface area contributed by atoms with Crippen molar-refractivity contribution in [2.45, 2.75) is 37.4 Å². The summed E-state index contributed by atoms with van der Waals surface area (Å²) in [5, 5.41) is 8.64. The summed E-state index contributed by atoms with van der Waals surface area (Å²) in [7, 11) is 0. The number of nitrogens with zero attached hydrogens (tertiary/aromatic N) is 1. The fraction of sp³-hybridized carbons (Fsp3) is 0.462. The average Bonchev–Trinajstić information content (AvgIpc) is 2.36. The van der Waals surface area contributed by atoms with Gasteiger partial charge in [-0.2, -0.15) is 13.2 Å². The monoisotopic (exact) mass is 307 g/mol. The molecular weight excluding hydrogens is 295 g/mol. The molecule has 110 valence electrons. The Kier molecular flexibility index (Phi) is 3.86. The standard InChI is InChI=1S/C13H13ClF3NO2/c1-2-8-6-10(14)9-5-7(13(15,16)17)3-4-11(9)18(8)12(19)20/h3-5,8,10H,2,6H2,1H3,(H,19,20)/t8-,10-/m1/s1. The molecule has 0 fully saturated rings. The molecule has 1 N–H and O–H groups in total. The Morgan fingerprint density at radius 3 is 2.65 bits per heavy atom. The highest BCUT2D eigenvalue weighted by Crippen LogP contribution is 2.44. The minimum atomic E-state index is -4.47. The van der Waals surface area contributed by atoms with Crippen molar-refractivity contribution in [3.05, 3.63) is 29.3 Å². The fourth-order valence-electron chi connectivity index (χ4n) is 2.48. The molecule has 20 heavy (non-hydrogen) atoms. The van der Waals surface area contributed by atoms with E-state index in [0.717, 1.165) is 17.0 Å². The molecule has 7 heteroatoms. The Hall–Kier alpha value is -1.43. The van der Waals surface area contributed by atoms with Crippen LogP contribution in [0.2, 0.25) is 0 Å². The number of alkyl halides is 4. The highest BCUT2D eigenvalue weighted by atomic mass is 35.5. The van der Waals surface area contributed by atoms with E-state index in [1.54, 1.807) is 0 Å². The van der Waals surface area contributed by atoms with Crippen molar-refractivity contribution in [2.75, 3.05) is 4.90 Å². The van der Waals surface area contributed by atoms with Crippen LogP contribution < -0.4 is 4.90 Å². The maximum absolute atomic E-state index is 12.7. The molecule has 1 aliphatic heterocycles. The van der Waals surface area contributed by atoms with Crippen molar-refractivity contribution in [1.29, 1.82) is 0 Å².